The average molecular weight is 226 g/mol. The van der Waals surface area contributed by atoms with E-state index in [0.29, 0.717) is 6.04 Å². The Bertz CT molecular complexity index is 216. The highest BCUT2D eigenvalue weighted by Gasteiger charge is 2.10. The lowest BCUT2D eigenvalue weighted by Crippen LogP contribution is -2.38. The van der Waals surface area contributed by atoms with Crippen molar-refractivity contribution >= 4 is 0 Å². The van der Waals surface area contributed by atoms with Crippen LogP contribution < -0.4 is 5.32 Å². The molecule has 0 aromatic heterocycles. The van der Waals surface area contributed by atoms with Gasteiger partial charge in [0.2, 0.25) is 0 Å². The van der Waals surface area contributed by atoms with E-state index >= 15 is 0 Å². The molecule has 1 aliphatic rings. The largest absolute Gasteiger partial charge is 0.380 e. The maximum absolute atomic E-state index is 5.14. The molecular formula is C13H26N2O. The highest BCUT2D eigenvalue weighted by Crippen LogP contribution is 2.10. The normalized spacial score (nSPS) is 19.6. The molecule has 1 atom stereocenters. The van der Waals surface area contributed by atoms with Crippen LogP contribution in [0.15, 0.2) is 11.6 Å². The van der Waals surface area contributed by atoms with Crippen LogP contribution in [-0.4, -0.2) is 50.8 Å². The fourth-order valence-corrected chi connectivity index (χ4v) is 1.89. The third kappa shape index (κ3) is 5.10. The molecule has 0 amide bonds. The Balaban J connectivity index is 2.12. The maximum Gasteiger partial charge on any atom is 0.0673 e. The number of nitrogens with one attached hydrogen (secondary N) is 1. The Kier molecular flexibility index (Phi) is 6.69. The van der Waals surface area contributed by atoms with Gasteiger partial charge in [-0.15, -0.1) is 0 Å². The summed E-state index contributed by atoms with van der Waals surface area (Å²) in [6, 6.07) is 0.643. The van der Waals surface area contributed by atoms with Gasteiger partial charge >= 0.3 is 0 Å². The van der Waals surface area contributed by atoms with Gasteiger partial charge in [0.1, 0.15) is 0 Å². The first-order valence-electron chi connectivity index (χ1n) is 6.38. The van der Waals surface area contributed by atoms with Gasteiger partial charge in [-0.2, -0.15) is 0 Å². The summed E-state index contributed by atoms with van der Waals surface area (Å²) in [6.07, 6.45) is 4.69. The van der Waals surface area contributed by atoms with Crippen molar-refractivity contribution in [1.29, 1.82) is 0 Å². The third-order valence-electron chi connectivity index (χ3n) is 3.25. The van der Waals surface area contributed by atoms with E-state index in [1.54, 1.807) is 7.11 Å². The van der Waals surface area contributed by atoms with E-state index in [-0.39, 0.29) is 0 Å². The Morgan fingerprint density at radius 2 is 2.38 bits per heavy atom. The molecule has 0 fully saturated rings. The van der Waals surface area contributed by atoms with Crippen LogP contribution in [0, 0.1) is 0 Å². The fraction of sp³-hybridized carbons (Fsp3) is 0.846. The van der Waals surface area contributed by atoms with E-state index in [2.05, 4.69) is 30.1 Å². The predicted molar refractivity (Wildman–Crippen MR) is 68.8 cm³/mol. The molecule has 1 rings (SSSR count). The fourth-order valence-electron chi connectivity index (χ4n) is 1.89. The monoisotopic (exact) mass is 226 g/mol. The zero-order chi connectivity index (χ0) is 11.8. The topological polar surface area (TPSA) is 24.5 Å². The number of rotatable bonds is 7. The van der Waals surface area contributed by atoms with Crippen LogP contribution in [0.25, 0.3) is 0 Å². The predicted octanol–water partition coefficient (Wildman–Crippen LogP) is 1.65. The van der Waals surface area contributed by atoms with Gasteiger partial charge in [-0.1, -0.05) is 13.0 Å². The first-order chi connectivity index (χ1) is 7.76. The molecule has 1 aliphatic heterocycles. The van der Waals surface area contributed by atoms with Crippen molar-refractivity contribution in [3.8, 4) is 0 Å². The van der Waals surface area contributed by atoms with E-state index in [9.17, 15) is 0 Å². The highest BCUT2D eigenvalue weighted by molar-refractivity contribution is 5.07. The standard InChI is InChI=1S/C13H26N2O/c1-4-12(2)14-7-10-15-8-5-13(6-9-15)11-16-3/h5,12,14H,4,6-11H2,1-3H3. The van der Waals surface area contributed by atoms with Gasteiger partial charge < -0.3 is 10.1 Å². The molecule has 0 aromatic carbocycles. The van der Waals surface area contributed by atoms with Crippen LogP contribution >= 0.6 is 0 Å². The molecule has 0 saturated heterocycles. The van der Waals surface area contributed by atoms with Gasteiger partial charge in [-0.05, 0) is 25.3 Å². The van der Waals surface area contributed by atoms with Gasteiger partial charge in [-0.3, -0.25) is 4.90 Å². The second kappa shape index (κ2) is 7.82. The van der Waals surface area contributed by atoms with E-state index in [1.807, 2.05) is 0 Å². The Morgan fingerprint density at radius 3 is 2.94 bits per heavy atom. The van der Waals surface area contributed by atoms with Gasteiger partial charge in [-0.25, -0.2) is 0 Å². The second-order valence-electron chi connectivity index (χ2n) is 4.61. The van der Waals surface area contributed by atoms with Crippen LogP contribution in [0.2, 0.25) is 0 Å². The van der Waals surface area contributed by atoms with Crippen molar-refractivity contribution < 1.29 is 4.74 Å². The van der Waals surface area contributed by atoms with Crippen molar-refractivity contribution in [3.05, 3.63) is 11.6 Å². The summed E-state index contributed by atoms with van der Waals surface area (Å²) in [7, 11) is 1.77. The summed E-state index contributed by atoms with van der Waals surface area (Å²) in [6.45, 7) is 9.78. The van der Waals surface area contributed by atoms with Crippen LogP contribution in [0.4, 0.5) is 0 Å². The van der Waals surface area contributed by atoms with Gasteiger partial charge in [0, 0.05) is 39.3 Å². The number of hydrogen-bond donors (Lipinski definition) is 1. The first kappa shape index (κ1) is 13.7. The number of methoxy groups -OCH3 is 1. The summed E-state index contributed by atoms with van der Waals surface area (Å²) in [5, 5.41) is 3.53. The zero-order valence-electron chi connectivity index (χ0n) is 11.0. The molecule has 1 N–H and O–H groups in total. The minimum absolute atomic E-state index is 0.643. The van der Waals surface area contributed by atoms with E-state index in [0.717, 1.165) is 32.7 Å². The SMILES string of the molecule is CCC(C)NCCN1CC=C(COC)CC1. The molecule has 0 saturated carbocycles. The van der Waals surface area contributed by atoms with Gasteiger partial charge in [0.15, 0.2) is 0 Å². The van der Waals surface area contributed by atoms with Crippen molar-refractivity contribution in [1.82, 2.24) is 10.2 Å². The number of hydrogen-bond acceptors (Lipinski definition) is 3. The van der Waals surface area contributed by atoms with E-state index in [1.165, 1.54) is 18.5 Å². The van der Waals surface area contributed by atoms with Gasteiger partial charge in [0.25, 0.3) is 0 Å². The molecule has 3 nitrogen and oxygen atoms in total. The summed E-state index contributed by atoms with van der Waals surface area (Å²) < 4.78 is 5.14. The number of ether oxygens (including phenoxy) is 1. The molecule has 0 aliphatic carbocycles. The summed E-state index contributed by atoms with van der Waals surface area (Å²) in [5.41, 5.74) is 1.45. The molecule has 1 heterocycles. The molecule has 3 heteroatoms. The minimum atomic E-state index is 0.643. The molecule has 1 unspecified atom stereocenters. The lowest BCUT2D eigenvalue weighted by Gasteiger charge is -2.26. The minimum Gasteiger partial charge on any atom is -0.380 e. The lowest BCUT2D eigenvalue weighted by atomic mass is 10.1. The van der Waals surface area contributed by atoms with Crippen molar-refractivity contribution in [2.45, 2.75) is 32.7 Å². The van der Waals surface area contributed by atoms with Crippen LogP contribution in [0.5, 0.6) is 0 Å². The summed E-state index contributed by atoms with van der Waals surface area (Å²) in [4.78, 5) is 2.49. The van der Waals surface area contributed by atoms with Gasteiger partial charge in [0.05, 0.1) is 6.61 Å². The second-order valence-corrected chi connectivity index (χ2v) is 4.61. The number of nitrogens with zero attached hydrogens (tertiary/aromatic N) is 1. The Morgan fingerprint density at radius 1 is 1.56 bits per heavy atom. The Labute approximate surface area is 99.8 Å². The average Bonchev–Trinajstić information content (AvgIpc) is 2.31. The molecule has 0 spiro atoms. The highest BCUT2D eigenvalue weighted by atomic mass is 16.5. The van der Waals surface area contributed by atoms with Crippen LogP contribution in [0.1, 0.15) is 26.7 Å². The summed E-state index contributed by atoms with van der Waals surface area (Å²) >= 11 is 0. The quantitative estimate of drug-likeness (QED) is 0.668. The van der Waals surface area contributed by atoms with Crippen molar-refractivity contribution in [2.24, 2.45) is 0 Å². The summed E-state index contributed by atoms with van der Waals surface area (Å²) in [5.74, 6) is 0. The Hall–Kier alpha value is -0.380. The molecule has 0 aromatic rings. The molecular weight excluding hydrogens is 200 g/mol. The molecule has 94 valence electrons. The van der Waals surface area contributed by atoms with Crippen molar-refractivity contribution in [3.63, 3.8) is 0 Å². The molecule has 16 heavy (non-hydrogen) atoms. The van der Waals surface area contributed by atoms with E-state index < -0.39 is 0 Å². The van der Waals surface area contributed by atoms with Crippen molar-refractivity contribution in [2.75, 3.05) is 39.9 Å². The van der Waals surface area contributed by atoms with E-state index in [4.69, 9.17) is 4.74 Å². The molecule has 0 radical (unpaired) electrons. The zero-order valence-corrected chi connectivity index (χ0v) is 11.0. The third-order valence-corrected chi connectivity index (χ3v) is 3.25. The van der Waals surface area contributed by atoms with Crippen LogP contribution in [0.3, 0.4) is 0 Å². The van der Waals surface area contributed by atoms with Crippen LogP contribution in [-0.2, 0) is 4.74 Å². The maximum atomic E-state index is 5.14. The lowest BCUT2D eigenvalue weighted by molar-refractivity contribution is 0.211. The first-order valence-corrected chi connectivity index (χ1v) is 6.38. The smallest absolute Gasteiger partial charge is 0.0673 e. The molecule has 0 bridgehead atoms.